The first-order valence-electron chi connectivity index (χ1n) is 4.34. The SMILES string of the molecule is CC(C)=CC(C)(O)C(O)C(C)C. The van der Waals surface area contributed by atoms with Gasteiger partial charge in [-0.3, -0.25) is 0 Å². The largest absolute Gasteiger partial charge is 0.390 e. The molecular weight excluding hydrogens is 152 g/mol. The normalized spacial score (nSPS) is 18.7. The van der Waals surface area contributed by atoms with E-state index in [2.05, 4.69) is 0 Å². The van der Waals surface area contributed by atoms with Crippen LogP contribution in [0, 0.1) is 5.92 Å². The van der Waals surface area contributed by atoms with Crippen LogP contribution in [-0.2, 0) is 0 Å². The number of allylic oxidation sites excluding steroid dienone is 1. The van der Waals surface area contributed by atoms with Gasteiger partial charge in [-0.1, -0.05) is 25.5 Å². The smallest absolute Gasteiger partial charge is 0.106 e. The van der Waals surface area contributed by atoms with Crippen LogP contribution in [0.5, 0.6) is 0 Å². The van der Waals surface area contributed by atoms with Crippen LogP contribution >= 0.6 is 0 Å². The summed E-state index contributed by atoms with van der Waals surface area (Å²) < 4.78 is 0. The van der Waals surface area contributed by atoms with E-state index in [0.29, 0.717) is 0 Å². The summed E-state index contributed by atoms with van der Waals surface area (Å²) in [6.07, 6.45) is 0.991. The Labute approximate surface area is 74.9 Å². The van der Waals surface area contributed by atoms with Gasteiger partial charge in [0, 0.05) is 0 Å². The van der Waals surface area contributed by atoms with Gasteiger partial charge >= 0.3 is 0 Å². The fourth-order valence-electron chi connectivity index (χ4n) is 1.34. The second kappa shape index (κ2) is 4.06. The molecule has 0 aliphatic rings. The van der Waals surface area contributed by atoms with Gasteiger partial charge in [0.15, 0.2) is 0 Å². The Morgan fingerprint density at radius 1 is 1.33 bits per heavy atom. The molecule has 0 rings (SSSR count). The Kier molecular flexibility index (Phi) is 3.94. The van der Waals surface area contributed by atoms with Gasteiger partial charge in [0.2, 0.25) is 0 Å². The molecule has 0 aliphatic heterocycles. The molecule has 72 valence electrons. The van der Waals surface area contributed by atoms with Crippen molar-refractivity contribution in [2.75, 3.05) is 0 Å². The van der Waals surface area contributed by atoms with Gasteiger partial charge in [0.1, 0.15) is 5.60 Å². The molecule has 2 unspecified atom stereocenters. The highest BCUT2D eigenvalue weighted by Gasteiger charge is 2.29. The Hall–Kier alpha value is -0.340. The number of aliphatic hydroxyl groups excluding tert-OH is 1. The minimum Gasteiger partial charge on any atom is -0.390 e. The van der Waals surface area contributed by atoms with E-state index in [9.17, 15) is 10.2 Å². The molecule has 0 saturated heterocycles. The van der Waals surface area contributed by atoms with Crippen LogP contribution in [0.2, 0.25) is 0 Å². The molecule has 0 aromatic carbocycles. The summed E-state index contributed by atoms with van der Waals surface area (Å²) in [4.78, 5) is 0. The molecule has 0 amide bonds. The molecule has 0 saturated carbocycles. The van der Waals surface area contributed by atoms with E-state index < -0.39 is 11.7 Å². The van der Waals surface area contributed by atoms with E-state index in [4.69, 9.17) is 0 Å². The quantitative estimate of drug-likeness (QED) is 0.636. The summed E-state index contributed by atoms with van der Waals surface area (Å²) in [7, 11) is 0. The third kappa shape index (κ3) is 3.37. The molecule has 0 heterocycles. The molecular formula is C10H20O2. The maximum Gasteiger partial charge on any atom is 0.106 e. The van der Waals surface area contributed by atoms with Crippen molar-refractivity contribution < 1.29 is 10.2 Å². The summed E-state index contributed by atoms with van der Waals surface area (Å²) in [5.41, 5.74) is -0.0906. The average molecular weight is 172 g/mol. The second-order valence-electron chi connectivity index (χ2n) is 4.14. The van der Waals surface area contributed by atoms with Gasteiger partial charge in [-0.05, 0) is 26.7 Å². The molecule has 0 aliphatic carbocycles. The highest BCUT2D eigenvalue weighted by molar-refractivity contribution is 5.08. The standard InChI is InChI=1S/C10H20O2/c1-7(2)6-10(5,12)9(11)8(3)4/h6,8-9,11-12H,1-5H3. The molecule has 2 N–H and O–H groups in total. The summed E-state index contributed by atoms with van der Waals surface area (Å²) in [6, 6.07) is 0. The Bertz CT molecular complexity index is 165. The lowest BCUT2D eigenvalue weighted by Crippen LogP contribution is -2.41. The van der Waals surface area contributed by atoms with Crippen LogP contribution in [-0.4, -0.2) is 21.9 Å². The fourth-order valence-corrected chi connectivity index (χ4v) is 1.34. The van der Waals surface area contributed by atoms with Crippen molar-refractivity contribution in [3.05, 3.63) is 11.6 Å². The molecule has 2 atom stereocenters. The molecule has 0 spiro atoms. The predicted octanol–water partition coefficient (Wildman–Crippen LogP) is 1.72. The number of hydrogen-bond donors (Lipinski definition) is 2. The summed E-state index contributed by atoms with van der Waals surface area (Å²) in [6.45, 7) is 9.21. The van der Waals surface area contributed by atoms with E-state index in [1.165, 1.54) is 0 Å². The first-order chi connectivity index (χ1) is 5.27. The van der Waals surface area contributed by atoms with Crippen LogP contribution in [0.4, 0.5) is 0 Å². The zero-order valence-corrected chi connectivity index (χ0v) is 8.63. The lowest BCUT2D eigenvalue weighted by molar-refractivity contribution is -0.0500. The zero-order chi connectivity index (χ0) is 9.94. The van der Waals surface area contributed by atoms with Crippen LogP contribution in [0.3, 0.4) is 0 Å². The second-order valence-corrected chi connectivity index (χ2v) is 4.14. The zero-order valence-electron chi connectivity index (χ0n) is 8.63. The number of rotatable bonds is 3. The Morgan fingerprint density at radius 2 is 1.75 bits per heavy atom. The molecule has 2 nitrogen and oxygen atoms in total. The van der Waals surface area contributed by atoms with Gasteiger partial charge in [-0.15, -0.1) is 0 Å². The van der Waals surface area contributed by atoms with E-state index in [-0.39, 0.29) is 5.92 Å². The van der Waals surface area contributed by atoms with Crippen LogP contribution in [0.15, 0.2) is 11.6 Å². The van der Waals surface area contributed by atoms with E-state index in [0.717, 1.165) is 5.57 Å². The minimum atomic E-state index is -1.10. The number of aliphatic hydroxyl groups is 2. The monoisotopic (exact) mass is 172 g/mol. The third-order valence-electron chi connectivity index (χ3n) is 1.81. The van der Waals surface area contributed by atoms with Crippen LogP contribution in [0.25, 0.3) is 0 Å². The van der Waals surface area contributed by atoms with Gasteiger partial charge in [0.25, 0.3) is 0 Å². The summed E-state index contributed by atoms with van der Waals surface area (Å²) in [5, 5.41) is 19.4. The first kappa shape index (κ1) is 11.7. The highest BCUT2D eigenvalue weighted by atomic mass is 16.3. The van der Waals surface area contributed by atoms with Crippen LogP contribution < -0.4 is 0 Å². The molecule has 0 aromatic rings. The lowest BCUT2D eigenvalue weighted by atomic mass is 9.89. The predicted molar refractivity (Wildman–Crippen MR) is 50.9 cm³/mol. The number of hydrogen-bond acceptors (Lipinski definition) is 2. The molecule has 0 aromatic heterocycles. The van der Waals surface area contributed by atoms with Crippen molar-refractivity contribution in [1.29, 1.82) is 0 Å². The maximum atomic E-state index is 9.80. The summed E-state index contributed by atoms with van der Waals surface area (Å²) >= 11 is 0. The lowest BCUT2D eigenvalue weighted by Gasteiger charge is -2.29. The van der Waals surface area contributed by atoms with E-state index in [1.807, 2.05) is 27.7 Å². The third-order valence-corrected chi connectivity index (χ3v) is 1.81. The Balaban J connectivity index is 4.50. The molecule has 12 heavy (non-hydrogen) atoms. The van der Waals surface area contributed by atoms with E-state index in [1.54, 1.807) is 13.0 Å². The van der Waals surface area contributed by atoms with Gasteiger partial charge in [-0.2, -0.15) is 0 Å². The van der Waals surface area contributed by atoms with E-state index >= 15 is 0 Å². The van der Waals surface area contributed by atoms with Crippen LogP contribution in [0.1, 0.15) is 34.6 Å². The minimum absolute atomic E-state index is 0.0654. The van der Waals surface area contributed by atoms with Crippen molar-refractivity contribution in [3.63, 3.8) is 0 Å². The van der Waals surface area contributed by atoms with Gasteiger partial charge in [0.05, 0.1) is 6.10 Å². The average Bonchev–Trinajstić information content (AvgIpc) is 1.82. The van der Waals surface area contributed by atoms with Crippen molar-refractivity contribution in [2.24, 2.45) is 5.92 Å². The highest BCUT2D eigenvalue weighted by Crippen LogP contribution is 2.19. The van der Waals surface area contributed by atoms with Crippen molar-refractivity contribution in [2.45, 2.75) is 46.3 Å². The maximum absolute atomic E-state index is 9.80. The van der Waals surface area contributed by atoms with Gasteiger partial charge < -0.3 is 10.2 Å². The van der Waals surface area contributed by atoms with Crippen molar-refractivity contribution in [1.82, 2.24) is 0 Å². The molecule has 0 radical (unpaired) electrons. The molecule has 0 fully saturated rings. The van der Waals surface area contributed by atoms with Crippen molar-refractivity contribution in [3.8, 4) is 0 Å². The van der Waals surface area contributed by atoms with Gasteiger partial charge in [-0.25, -0.2) is 0 Å². The first-order valence-corrected chi connectivity index (χ1v) is 4.34. The van der Waals surface area contributed by atoms with Crippen molar-refractivity contribution >= 4 is 0 Å². The molecule has 2 heteroatoms. The summed E-state index contributed by atoms with van der Waals surface area (Å²) in [5.74, 6) is 0.0654. The molecule has 0 bridgehead atoms. The fraction of sp³-hybridized carbons (Fsp3) is 0.800. The topological polar surface area (TPSA) is 40.5 Å². The Morgan fingerprint density at radius 3 is 2.00 bits per heavy atom.